The maximum Gasteiger partial charge on any atom is 0.244 e. The number of aromatic amines is 1. The Hall–Kier alpha value is -1.22. The molecule has 0 spiro atoms. The summed E-state index contributed by atoms with van der Waals surface area (Å²) in [6, 6.07) is 0. The molecule has 0 fully saturated rings. The summed E-state index contributed by atoms with van der Waals surface area (Å²) < 4.78 is 27.1. The largest absolute Gasteiger partial charge is 0.325 e. The average molecular weight is 300 g/mol. The molecule has 8 heteroatoms. The number of sulfonamides is 1. The summed E-state index contributed by atoms with van der Waals surface area (Å²) in [5.41, 5.74) is 8.41. The Balaban J connectivity index is 2.23. The Morgan fingerprint density at radius 2 is 2.16 bits per heavy atom. The van der Waals surface area contributed by atoms with Crippen LogP contribution in [0.25, 0.3) is 0 Å². The van der Waals surface area contributed by atoms with Gasteiger partial charge in [-0.2, -0.15) is 16.4 Å². The van der Waals surface area contributed by atoms with Gasteiger partial charge in [-0.25, -0.2) is 13.1 Å². The third-order valence-electron chi connectivity index (χ3n) is 2.84. The lowest BCUT2D eigenvalue weighted by molar-refractivity contribution is 0.579. The highest BCUT2D eigenvalue weighted by Crippen LogP contribution is 2.19. The van der Waals surface area contributed by atoms with Crippen LogP contribution in [0.2, 0.25) is 0 Å². The molecule has 0 saturated heterocycles. The van der Waals surface area contributed by atoms with Crippen molar-refractivity contribution in [3.63, 3.8) is 0 Å². The second kappa shape index (κ2) is 5.41. The molecular formula is C11H16N4O2S2. The summed E-state index contributed by atoms with van der Waals surface area (Å²) in [6.45, 7) is 3.97. The molecule has 0 aliphatic heterocycles. The van der Waals surface area contributed by atoms with Crippen molar-refractivity contribution in [2.45, 2.75) is 31.8 Å². The number of aryl methyl sites for hydroxylation is 2. The minimum Gasteiger partial charge on any atom is -0.325 e. The van der Waals surface area contributed by atoms with Crippen molar-refractivity contribution in [2.75, 3.05) is 0 Å². The van der Waals surface area contributed by atoms with E-state index in [1.165, 1.54) is 0 Å². The summed E-state index contributed by atoms with van der Waals surface area (Å²) in [5.74, 6) is 0. The highest BCUT2D eigenvalue weighted by molar-refractivity contribution is 7.89. The topological polar surface area (TPSA) is 101 Å². The van der Waals surface area contributed by atoms with Crippen molar-refractivity contribution in [3.8, 4) is 0 Å². The van der Waals surface area contributed by atoms with Gasteiger partial charge in [0, 0.05) is 13.1 Å². The van der Waals surface area contributed by atoms with E-state index in [4.69, 9.17) is 5.73 Å². The van der Waals surface area contributed by atoms with Crippen LogP contribution in [0.1, 0.15) is 22.5 Å². The molecule has 2 heterocycles. The van der Waals surface area contributed by atoms with Crippen LogP contribution < -0.4 is 10.5 Å². The Morgan fingerprint density at radius 1 is 1.42 bits per heavy atom. The number of hydrogen-bond donors (Lipinski definition) is 3. The van der Waals surface area contributed by atoms with Crippen molar-refractivity contribution < 1.29 is 8.42 Å². The Kier molecular flexibility index (Phi) is 4.04. The molecule has 19 heavy (non-hydrogen) atoms. The van der Waals surface area contributed by atoms with Gasteiger partial charge >= 0.3 is 0 Å². The van der Waals surface area contributed by atoms with E-state index in [9.17, 15) is 8.42 Å². The Labute approximate surface area is 116 Å². The van der Waals surface area contributed by atoms with E-state index in [1.807, 2.05) is 17.7 Å². The van der Waals surface area contributed by atoms with Crippen molar-refractivity contribution >= 4 is 21.4 Å². The molecule has 0 aliphatic carbocycles. The summed E-state index contributed by atoms with van der Waals surface area (Å²) in [6.07, 6.45) is 0. The van der Waals surface area contributed by atoms with Crippen LogP contribution in [-0.2, 0) is 23.1 Å². The van der Waals surface area contributed by atoms with E-state index in [0.717, 1.165) is 11.1 Å². The summed E-state index contributed by atoms with van der Waals surface area (Å²) >= 11 is 1.55. The molecule has 6 nitrogen and oxygen atoms in total. The van der Waals surface area contributed by atoms with Gasteiger partial charge < -0.3 is 5.73 Å². The normalized spacial score (nSPS) is 11.9. The maximum absolute atomic E-state index is 12.3. The van der Waals surface area contributed by atoms with Crippen LogP contribution in [0, 0.1) is 13.8 Å². The number of rotatable bonds is 5. The van der Waals surface area contributed by atoms with Crippen LogP contribution in [0.5, 0.6) is 0 Å². The van der Waals surface area contributed by atoms with Gasteiger partial charge in [-0.05, 0) is 35.7 Å². The quantitative estimate of drug-likeness (QED) is 0.767. The summed E-state index contributed by atoms with van der Waals surface area (Å²) in [7, 11) is -3.60. The average Bonchev–Trinajstić information content (AvgIpc) is 2.93. The smallest absolute Gasteiger partial charge is 0.244 e. The van der Waals surface area contributed by atoms with Crippen LogP contribution in [0.4, 0.5) is 0 Å². The Morgan fingerprint density at radius 3 is 2.74 bits per heavy atom. The molecule has 4 N–H and O–H groups in total. The van der Waals surface area contributed by atoms with Gasteiger partial charge in [-0.1, -0.05) is 0 Å². The van der Waals surface area contributed by atoms with Gasteiger partial charge in [-0.3, -0.25) is 5.10 Å². The second-order valence-electron chi connectivity index (χ2n) is 4.23. The zero-order valence-electron chi connectivity index (χ0n) is 10.7. The summed E-state index contributed by atoms with van der Waals surface area (Å²) in [5, 5.41) is 10.5. The Bertz CT molecular complexity index is 673. The van der Waals surface area contributed by atoms with Crippen molar-refractivity contribution in [1.29, 1.82) is 0 Å². The lowest BCUT2D eigenvalue weighted by Crippen LogP contribution is -2.25. The fraction of sp³-hybridized carbons (Fsp3) is 0.364. The number of H-pyrrole nitrogens is 1. The van der Waals surface area contributed by atoms with E-state index in [2.05, 4.69) is 14.9 Å². The molecule has 2 rings (SSSR count). The predicted octanol–water partition coefficient (Wildman–Crippen LogP) is 1.03. The number of thiophene rings is 1. The molecule has 0 saturated carbocycles. The number of nitrogens with one attached hydrogen (secondary N) is 2. The standard InChI is InChI=1S/C11H16N4O2S2/c1-7-5-18-6-9(7)4-13-19(16,17)11-8(2)14-15-10(11)3-12/h5-6,13H,3-4,12H2,1-2H3,(H,14,15). The first-order valence-corrected chi connectivity index (χ1v) is 8.13. The predicted molar refractivity (Wildman–Crippen MR) is 74.3 cm³/mol. The number of nitrogens with two attached hydrogens (primary N) is 1. The lowest BCUT2D eigenvalue weighted by Gasteiger charge is -2.07. The van der Waals surface area contributed by atoms with E-state index in [0.29, 0.717) is 11.4 Å². The molecule has 2 aromatic rings. The zero-order valence-corrected chi connectivity index (χ0v) is 12.4. The first-order chi connectivity index (χ1) is 8.95. The van der Waals surface area contributed by atoms with Crippen molar-refractivity contribution in [3.05, 3.63) is 33.3 Å². The monoisotopic (exact) mass is 300 g/mol. The maximum atomic E-state index is 12.3. The van der Waals surface area contributed by atoms with E-state index < -0.39 is 10.0 Å². The fourth-order valence-electron chi connectivity index (χ4n) is 1.78. The SMILES string of the molecule is Cc1cscc1CNS(=O)(=O)c1c(CN)n[nH]c1C. The minimum atomic E-state index is -3.60. The van der Waals surface area contributed by atoms with E-state index in [1.54, 1.807) is 18.3 Å². The van der Waals surface area contributed by atoms with Crippen molar-refractivity contribution in [1.82, 2.24) is 14.9 Å². The first kappa shape index (κ1) is 14.2. The number of nitrogens with zero attached hydrogens (tertiary/aromatic N) is 1. The van der Waals surface area contributed by atoms with E-state index >= 15 is 0 Å². The van der Waals surface area contributed by atoms with Gasteiger partial charge in [0.05, 0.1) is 11.4 Å². The molecular weight excluding hydrogens is 284 g/mol. The first-order valence-electron chi connectivity index (χ1n) is 5.71. The van der Waals surface area contributed by atoms with Crippen LogP contribution in [0.15, 0.2) is 15.7 Å². The van der Waals surface area contributed by atoms with E-state index in [-0.39, 0.29) is 18.0 Å². The molecule has 0 radical (unpaired) electrons. The van der Waals surface area contributed by atoms with Crippen molar-refractivity contribution in [2.24, 2.45) is 5.73 Å². The molecule has 0 bridgehead atoms. The van der Waals surface area contributed by atoms with Gasteiger partial charge in [-0.15, -0.1) is 0 Å². The molecule has 0 amide bonds. The summed E-state index contributed by atoms with van der Waals surface area (Å²) in [4.78, 5) is 0.155. The van der Waals surface area contributed by atoms with Gasteiger partial charge in [0.25, 0.3) is 0 Å². The minimum absolute atomic E-state index is 0.0814. The third kappa shape index (κ3) is 2.86. The van der Waals surface area contributed by atoms with Crippen LogP contribution in [0.3, 0.4) is 0 Å². The lowest BCUT2D eigenvalue weighted by atomic mass is 10.2. The fourth-order valence-corrected chi connectivity index (χ4v) is 4.01. The molecule has 2 aromatic heterocycles. The zero-order chi connectivity index (χ0) is 14.0. The third-order valence-corrected chi connectivity index (χ3v) is 5.35. The highest BCUT2D eigenvalue weighted by atomic mass is 32.2. The highest BCUT2D eigenvalue weighted by Gasteiger charge is 2.23. The van der Waals surface area contributed by atoms with Crippen LogP contribution in [-0.4, -0.2) is 18.6 Å². The second-order valence-corrected chi connectivity index (χ2v) is 6.68. The van der Waals surface area contributed by atoms with Gasteiger partial charge in [0.15, 0.2) is 0 Å². The molecule has 0 unspecified atom stereocenters. The van der Waals surface area contributed by atoms with Gasteiger partial charge in [0.2, 0.25) is 10.0 Å². The molecule has 104 valence electrons. The number of hydrogen-bond acceptors (Lipinski definition) is 5. The molecule has 0 aliphatic rings. The molecule has 0 aromatic carbocycles. The number of aromatic nitrogens is 2. The van der Waals surface area contributed by atoms with Gasteiger partial charge in [0.1, 0.15) is 4.90 Å². The van der Waals surface area contributed by atoms with Crippen LogP contribution >= 0.6 is 11.3 Å². The molecule has 0 atom stereocenters.